The highest BCUT2D eigenvalue weighted by Gasteiger charge is 2.28. The van der Waals surface area contributed by atoms with E-state index in [1.54, 1.807) is 29.7 Å². The second kappa shape index (κ2) is 9.63. The first kappa shape index (κ1) is 23.7. The van der Waals surface area contributed by atoms with E-state index in [0.717, 1.165) is 5.56 Å². The van der Waals surface area contributed by atoms with Crippen LogP contribution >= 0.6 is 11.8 Å². The molecule has 11 nitrogen and oxygen atoms in total. The summed E-state index contributed by atoms with van der Waals surface area (Å²) in [7, 11) is 0. The predicted molar refractivity (Wildman–Crippen MR) is 141 cm³/mol. The quantitative estimate of drug-likeness (QED) is 0.320. The summed E-state index contributed by atoms with van der Waals surface area (Å²) in [4.78, 5) is 50.0. The van der Waals surface area contributed by atoms with Crippen LogP contribution in [0.3, 0.4) is 0 Å². The van der Waals surface area contributed by atoms with Crippen molar-refractivity contribution in [2.24, 2.45) is 0 Å². The molecule has 1 aromatic carbocycles. The number of rotatable bonds is 6. The fourth-order valence-electron chi connectivity index (χ4n) is 4.30. The van der Waals surface area contributed by atoms with Crippen molar-refractivity contribution in [2.45, 2.75) is 24.5 Å². The second-order valence-corrected chi connectivity index (χ2v) is 9.72. The highest BCUT2D eigenvalue weighted by atomic mass is 32.2. The van der Waals surface area contributed by atoms with Gasteiger partial charge in [0.15, 0.2) is 10.9 Å². The Morgan fingerprint density at radius 3 is 2.74 bits per heavy atom. The molecule has 0 bridgehead atoms. The van der Waals surface area contributed by atoms with Crippen LogP contribution in [0.2, 0.25) is 0 Å². The van der Waals surface area contributed by atoms with Crippen LogP contribution < -0.4 is 16.4 Å². The lowest BCUT2D eigenvalue weighted by atomic mass is 10.1. The lowest BCUT2D eigenvalue weighted by Crippen LogP contribution is -2.28. The number of nitrogens with zero attached hydrogens (tertiary/aromatic N) is 5. The number of aryl methyl sites for hydroxylation is 1. The number of aromatic amines is 1. The first-order valence-corrected chi connectivity index (χ1v) is 12.8. The average molecular weight is 528 g/mol. The number of hydrogen-bond acceptors (Lipinski definition) is 8. The third-order valence-electron chi connectivity index (χ3n) is 5.99. The maximum atomic E-state index is 13.2. The van der Waals surface area contributed by atoms with Crippen molar-refractivity contribution in [2.75, 3.05) is 11.1 Å². The lowest BCUT2D eigenvalue weighted by Gasteiger charge is -2.14. The summed E-state index contributed by atoms with van der Waals surface area (Å²) in [6.45, 7) is 1.77. The Bertz CT molecular complexity index is 1760. The van der Waals surface area contributed by atoms with Gasteiger partial charge in [-0.3, -0.25) is 23.9 Å². The Morgan fingerprint density at radius 1 is 1.11 bits per heavy atom. The van der Waals surface area contributed by atoms with Crippen LogP contribution in [0.25, 0.3) is 28.7 Å². The number of aromatic nitrogens is 6. The number of benzene rings is 1. The van der Waals surface area contributed by atoms with Gasteiger partial charge in [-0.15, -0.1) is 0 Å². The van der Waals surface area contributed by atoms with E-state index in [2.05, 4.69) is 25.4 Å². The van der Waals surface area contributed by atoms with Crippen molar-refractivity contribution in [3.63, 3.8) is 0 Å². The monoisotopic (exact) mass is 527 g/mol. The Labute approximate surface area is 219 Å². The second-order valence-electron chi connectivity index (χ2n) is 8.73. The van der Waals surface area contributed by atoms with Crippen molar-refractivity contribution in [1.82, 2.24) is 29.3 Å². The van der Waals surface area contributed by atoms with Gasteiger partial charge in [0, 0.05) is 41.6 Å². The van der Waals surface area contributed by atoms with Crippen LogP contribution in [0, 0.1) is 6.92 Å². The molecular formula is C26H21N7O4S. The number of anilines is 1. The van der Waals surface area contributed by atoms with Gasteiger partial charge < -0.3 is 9.73 Å². The molecule has 1 aliphatic heterocycles. The number of fused-ring (bicyclic) bond motifs is 1. The zero-order valence-electron chi connectivity index (χ0n) is 20.1. The minimum absolute atomic E-state index is 0.0555. The predicted octanol–water partition coefficient (Wildman–Crippen LogP) is 3.42. The molecular weight excluding hydrogens is 506 g/mol. The van der Waals surface area contributed by atoms with Gasteiger partial charge in [-0.25, -0.2) is 9.97 Å². The van der Waals surface area contributed by atoms with Crippen LogP contribution in [0.5, 0.6) is 0 Å². The molecule has 1 atom stereocenters. The van der Waals surface area contributed by atoms with Crippen LogP contribution in [0.1, 0.15) is 18.2 Å². The summed E-state index contributed by atoms with van der Waals surface area (Å²) in [6.07, 6.45) is 1.57. The van der Waals surface area contributed by atoms with E-state index in [-0.39, 0.29) is 41.3 Å². The van der Waals surface area contributed by atoms with Gasteiger partial charge in [0.2, 0.25) is 11.9 Å². The highest BCUT2D eigenvalue weighted by Crippen LogP contribution is 2.32. The first-order valence-electron chi connectivity index (χ1n) is 11.8. The van der Waals surface area contributed by atoms with Crippen molar-refractivity contribution < 1.29 is 9.21 Å². The largest absolute Gasteiger partial charge is 0.463 e. The summed E-state index contributed by atoms with van der Waals surface area (Å²) >= 11 is 1.45. The van der Waals surface area contributed by atoms with Gasteiger partial charge in [0.05, 0.1) is 18.0 Å². The molecule has 5 aromatic rings. The number of furan rings is 1. The third kappa shape index (κ3) is 4.57. The molecule has 0 saturated heterocycles. The van der Waals surface area contributed by atoms with E-state index in [1.165, 1.54) is 34.8 Å². The molecule has 6 rings (SSSR count). The average Bonchev–Trinajstić information content (AvgIpc) is 3.65. The molecule has 38 heavy (non-hydrogen) atoms. The molecule has 4 aromatic heterocycles. The number of hydrogen-bond donors (Lipinski definition) is 2. The Kier molecular flexibility index (Phi) is 6.00. The Hall–Kier alpha value is -4.71. The van der Waals surface area contributed by atoms with E-state index >= 15 is 0 Å². The van der Waals surface area contributed by atoms with Crippen molar-refractivity contribution in [3.8, 4) is 28.7 Å². The van der Waals surface area contributed by atoms with Gasteiger partial charge in [0.25, 0.3) is 11.1 Å². The summed E-state index contributed by atoms with van der Waals surface area (Å²) in [5, 5.41) is 8.03. The minimum atomic E-state index is -0.372. The number of nitrogens with one attached hydrogen (secondary N) is 2. The maximum absolute atomic E-state index is 13.2. The zero-order valence-corrected chi connectivity index (χ0v) is 20.9. The van der Waals surface area contributed by atoms with E-state index in [0.29, 0.717) is 33.8 Å². The Balaban J connectivity index is 1.34. The van der Waals surface area contributed by atoms with Crippen LogP contribution in [0.4, 0.5) is 5.82 Å². The standard InChI is InChI=1S/C26H21N7O4S/c1-15-10-24(36)32-17(14-38-26(32)27-15)11-22(34)29-21-12-19(20-8-5-9-37-20)31-33(21)25-28-18(13-23(35)30-25)16-6-3-2-4-7-16/h2-10,12-13,17H,11,14H2,1H3,(H,29,34)(H,28,30,35). The number of thioether (sulfide) groups is 1. The van der Waals surface area contributed by atoms with Gasteiger partial charge in [0.1, 0.15) is 11.5 Å². The first-order chi connectivity index (χ1) is 18.4. The van der Waals surface area contributed by atoms with Crippen LogP contribution in [0.15, 0.2) is 86.1 Å². The highest BCUT2D eigenvalue weighted by molar-refractivity contribution is 7.99. The van der Waals surface area contributed by atoms with Gasteiger partial charge in [-0.1, -0.05) is 42.1 Å². The van der Waals surface area contributed by atoms with E-state index in [1.807, 2.05) is 30.3 Å². The number of carbonyl (C=O) groups is 1. The molecule has 1 aliphatic rings. The zero-order chi connectivity index (χ0) is 26.2. The molecule has 0 saturated carbocycles. The molecule has 1 amide bonds. The maximum Gasteiger partial charge on any atom is 0.254 e. The van der Waals surface area contributed by atoms with Crippen LogP contribution in [-0.2, 0) is 4.79 Å². The molecule has 0 radical (unpaired) electrons. The molecule has 12 heteroatoms. The third-order valence-corrected chi connectivity index (χ3v) is 7.09. The normalized spacial score (nSPS) is 14.4. The smallest absolute Gasteiger partial charge is 0.254 e. The topological polar surface area (TPSA) is 141 Å². The summed E-state index contributed by atoms with van der Waals surface area (Å²) in [6, 6.07) is 16.9. The molecule has 2 N–H and O–H groups in total. The molecule has 190 valence electrons. The fraction of sp³-hybridized carbons (Fsp3) is 0.154. The molecule has 5 heterocycles. The van der Waals surface area contributed by atoms with Gasteiger partial charge in [-0.05, 0) is 19.1 Å². The molecule has 0 spiro atoms. The number of amides is 1. The van der Waals surface area contributed by atoms with Crippen molar-refractivity contribution in [1.29, 1.82) is 0 Å². The Morgan fingerprint density at radius 2 is 1.95 bits per heavy atom. The van der Waals surface area contributed by atoms with E-state index < -0.39 is 0 Å². The van der Waals surface area contributed by atoms with Gasteiger partial charge >= 0.3 is 0 Å². The van der Waals surface area contributed by atoms with E-state index in [9.17, 15) is 14.4 Å². The summed E-state index contributed by atoms with van der Waals surface area (Å²) < 4.78 is 8.41. The van der Waals surface area contributed by atoms with Crippen molar-refractivity contribution >= 4 is 23.5 Å². The van der Waals surface area contributed by atoms with Crippen LogP contribution in [-0.4, -0.2) is 41.0 Å². The van der Waals surface area contributed by atoms with Gasteiger partial charge in [-0.2, -0.15) is 9.78 Å². The summed E-state index contributed by atoms with van der Waals surface area (Å²) in [5.41, 5.74) is 1.75. The SMILES string of the molecule is Cc1cc(=O)n2c(n1)SCC2CC(=O)Nc1cc(-c2ccco2)nn1-c1nc(-c2ccccc2)cc(=O)[nH]1. The van der Waals surface area contributed by atoms with E-state index in [4.69, 9.17) is 4.42 Å². The summed E-state index contributed by atoms with van der Waals surface area (Å²) in [5.74, 6) is 1.13. The lowest BCUT2D eigenvalue weighted by molar-refractivity contribution is -0.116. The number of H-pyrrole nitrogens is 1. The molecule has 1 unspecified atom stereocenters. The fourth-order valence-corrected chi connectivity index (χ4v) is 5.49. The number of carbonyl (C=O) groups excluding carboxylic acids is 1. The van der Waals surface area contributed by atoms with Crippen molar-refractivity contribution in [3.05, 3.63) is 93.3 Å². The molecule has 0 fully saturated rings. The minimum Gasteiger partial charge on any atom is -0.463 e. The molecule has 0 aliphatic carbocycles.